The molecule has 2 N–H and O–H groups in total. The molecule has 0 radical (unpaired) electrons. The summed E-state index contributed by atoms with van der Waals surface area (Å²) in [6.07, 6.45) is -0.00169. The number of ether oxygens (including phenoxy) is 1. The maximum absolute atomic E-state index is 12.3. The van der Waals surface area contributed by atoms with Gasteiger partial charge in [0, 0.05) is 39.5 Å². The van der Waals surface area contributed by atoms with E-state index in [0.717, 1.165) is 24.1 Å². The standard InChI is InChI=1S/C17H25N5O3/c1-5-25-15-10-20(2)9-12(15)19-16(23)18-11-6-7-13-14(8-11)22(4)17(24)21(13)3/h6-8,12,15H,5,9-10H2,1-4H3,(H2,18,19,23)/t12-,15-/m0/s1. The monoisotopic (exact) mass is 347 g/mol. The Morgan fingerprint density at radius 2 is 1.92 bits per heavy atom. The minimum Gasteiger partial charge on any atom is -0.375 e. The van der Waals surface area contributed by atoms with Gasteiger partial charge in [0.15, 0.2) is 0 Å². The van der Waals surface area contributed by atoms with Crippen molar-refractivity contribution in [2.24, 2.45) is 14.1 Å². The first-order valence-corrected chi connectivity index (χ1v) is 8.43. The number of amides is 2. The topological polar surface area (TPSA) is 80.5 Å². The van der Waals surface area contributed by atoms with Crippen LogP contribution in [0, 0.1) is 0 Å². The van der Waals surface area contributed by atoms with Crippen LogP contribution in [-0.4, -0.2) is 59.0 Å². The largest absolute Gasteiger partial charge is 0.375 e. The number of carbonyl (C=O) groups is 1. The van der Waals surface area contributed by atoms with Crippen molar-refractivity contribution in [3.05, 3.63) is 28.7 Å². The smallest absolute Gasteiger partial charge is 0.328 e. The molecule has 2 heterocycles. The van der Waals surface area contributed by atoms with E-state index in [1.165, 1.54) is 0 Å². The van der Waals surface area contributed by atoms with Crippen LogP contribution in [0.1, 0.15) is 6.92 Å². The maximum atomic E-state index is 12.3. The van der Waals surface area contributed by atoms with E-state index in [-0.39, 0.29) is 23.9 Å². The molecule has 0 bridgehead atoms. The van der Waals surface area contributed by atoms with Crippen LogP contribution >= 0.6 is 0 Å². The van der Waals surface area contributed by atoms with Gasteiger partial charge in [0.05, 0.1) is 23.2 Å². The average Bonchev–Trinajstić information content (AvgIpc) is 3.01. The lowest BCUT2D eigenvalue weighted by molar-refractivity contribution is 0.0568. The van der Waals surface area contributed by atoms with Crippen molar-refractivity contribution in [2.45, 2.75) is 19.1 Å². The molecular weight excluding hydrogens is 322 g/mol. The van der Waals surface area contributed by atoms with E-state index >= 15 is 0 Å². The molecule has 1 aromatic heterocycles. The van der Waals surface area contributed by atoms with Gasteiger partial charge < -0.3 is 20.3 Å². The second-order valence-electron chi connectivity index (χ2n) is 6.52. The number of nitrogens with one attached hydrogen (secondary N) is 2. The predicted octanol–water partition coefficient (Wildman–Crippen LogP) is 0.718. The van der Waals surface area contributed by atoms with Gasteiger partial charge in [0.2, 0.25) is 0 Å². The van der Waals surface area contributed by atoms with Crippen molar-refractivity contribution in [3.8, 4) is 0 Å². The van der Waals surface area contributed by atoms with Crippen LogP contribution in [0.15, 0.2) is 23.0 Å². The molecule has 3 rings (SSSR count). The predicted molar refractivity (Wildman–Crippen MR) is 97.0 cm³/mol. The first kappa shape index (κ1) is 17.5. The van der Waals surface area contributed by atoms with Crippen LogP contribution < -0.4 is 16.3 Å². The van der Waals surface area contributed by atoms with E-state index < -0.39 is 0 Å². The van der Waals surface area contributed by atoms with Gasteiger partial charge in [-0.1, -0.05) is 0 Å². The molecule has 1 fully saturated rings. The number of aromatic nitrogens is 2. The number of urea groups is 1. The van der Waals surface area contributed by atoms with E-state index in [4.69, 9.17) is 4.74 Å². The Morgan fingerprint density at radius 3 is 2.64 bits per heavy atom. The number of nitrogens with zero attached hydrogens (tertiary/aromatic N) is 3. The summed E-state index contributed by atoms with van der Waals surface area (Å²) in [5.41, 5.74) is 2.15. The van der Waals surface area contributed by atoms with E-state index in [0.29, 0.717) is 12.3 Å². The van der Waals surface area contributed by atoms with Gasteiger partial charge in [-0.25, -0.2) is 9.59 Å². The molecule has 25 heavy (non-hydrogen) atoms. The SMILES string of the molecule is CCO[C@H]1CN(C)C[C@@H]1NC(=O)Nc1ccc2c(c1)n(C)c(=O)n2C. The highest BCUT2D eigenvalue weighted by Crippen LogP contribution is 2.18. The van der Waals surface area contributed by atoms with Crippen LogP contribution in [0.3, 0.4) is 0 Å². The average molecular weight is 347 g/mol. The molecule has 0 spiro atoms. The highest BCUT2D eigenvalue weighted by atomic mass is 16.5. The van der Waals surface area contributed by atoms with Gasteiger partial charge in [-0.3, -0.25) is 9.13 Å². The Hall–Kier alpha value is -2.32. The molecule has 2 aromatic rings. The summed E-state index contributed by atoms with van der Waals surface area (Å²) in [7, 11) is 5.46. The molecule has 0 unspecified atom stereocenters. The summed E-state index contributed by atoms with van der Waals surface area (Å²) in [6, 6.07) is 5.11. The number of likely N-dealkylation sites (N-methyl/N-ethyl adjacent to an activating group) is 1. The molecule has 8 nitrogen and oxygen atoms in total. The summed E-state index contributed by atoms with van der Waals surface area (Å²) in [5, 5.41) is 5.83. The Balaban J connectivity index is 1.72. The number of hydrogen-bond donors (Lipinski definition) is 2. The zero-order chi connectivity index (χ0) is 18.1. The summed E-state index contributed by atoms with van der Waals surface area (Å²) < 4.78 is 8.85. The Kier molecular flexibility index (Phi) is 4.82. The lowest BCUT2D eigenvalue weighted by Crippen LogP contribution is -2.45. The zero-order valence-electron chi connectivity index (χ0n) is 15.1. The van der Waals surface area contributed by atoms with E-state index in [1.807, 2.05) is 20.0 Å². The summed E-state index contributed by atoms with van der Waals surface area (Å²) in [4.78, 5) is 26.5. The van der Waals surface area contributed by atoms with Crippen LogP contribution in [0.2, 0.25) is 0 Å². The van der Waals surface area contributed by atoms with Gasteiger partial charge in [-0.05, 0) is 32.2 Å². The fourth-order valence-corrected chi connectivity index (χ4v) is 3.40. The molecule has 2 atom stereocenters. The van der Waals surface area contributed by atoms with Crippen LogP contribution in [-0.2, 0) is 18.8 Å². The molecule has 1 aromatic carbocycles. The van der Waals surface area contributed by atoms with E-state index in [2.05, 4.69) is 15.5 Å². The van der Waals surface area contributed by atoms with Gasteiger partial charge in [-0.2, -0.15) is 0 Å². The first-order chi connectivity index (χ1) is 11.9. The van der Waals surface area contributed by atoms with Crippen LogP contribution in [0.25, 0.3) is 11.0 Å². The third kappa shape index (κ3) is 3.40. The van der Waals surface area contributed by atoms with Gasteiger partial charge in [0.1, 0.15) is 0 Å². The number of likely N-dealkylation sites (tertiary alicyclic amines) is 1. The highest BCUT2D eigenvalue weighted by molar-refractivity contribution is 5.92. The van der Waals surface area contributed by atoms with Crippen molar-refractivity contribution in [2.75, 3.05) is 32.1 Å². The fraction of sp³-hybridized carbons (Fsp3) is 0.529. The van der Waals surface area contributed by atoms with Crippen molar-refractivity contribution < 1.29 is 9.53 Å². The number of fused-ring (bicyclic) bond motifs is 1. The Labute approximate surface area is 146 Å². The highest BCUT2D eigenvalue weighted by Gasteiger charge is 2.32. The molecule has 1 aliphatic heterocycles. The lowest BCUT2D eigenvalue weighted by Gasteiger charge is -2.20. The summed E-state index contributed by atoms with van der Waals surface area (Å²) in [6.45, 7) is 4.13. The van der Waals surface area contributed by atoms with Gasteiger partial charge in [0.25, 0.3) is 0 Å². The minimum absolute atomic E-state index is 0.00169. The van der Waals surface area contributed by atoms with Crippen LogP contribution in [0.5, 0.6) is 0 Å². The third-order valence-electron chi connectivity index (χ3n) is 4.68. The van der Waals surface area contributed by atoms with E-state index in [1.54, 1.807) is 35.4 Å². The number of anilines is 1. The molecule has 0 saturated carbocycles. The number of aryl methyl sites for hydroxylation is 2. The van der Waals surface area contributed by atoms with Gasteiger partial charge >= 0.3 is 11.7 Å². The third-order valence-corrected chi connectivity index (χ3v) is 4.68. The Morgan fingerprint density at radius 1 is 1.20 bits per heavy atom. The van der Waals surface area contributed by atoms with Crippen molar-refractivity contribution in [3.63, 3.8) is 0 Å². The number of imidazole rings is 1. The Bertz CT molecular complexity index is 841. The lowest BCUT2D eigenvalue weighted by atomic mass is 10.2. The number of rotatable bonds is 4. The normalized spacial score (nSPS) is 21.0. The second kappa shape index (κ2) is 6.89. The van der Waals surface area contributed by atoms with Crippen molar-refractivity contribution in [1.82, 2.24) is 19.4 Å². The quantitative estimate of drug-likeness (QED) is 0.854. The molecule has 8 heteroatoms. The van der Waals surface area contributed by atoms with Crippen molar-refractivity contribution >= 4 is 22.8 Å². The summed E-state index contributed by atoms with van der Waals surface area (Å²) in [5.74, 6) is 0. The minimum atomic E-state index is -0.273. The first-order valence-electron chi connectivity index (χ1n) is 8.43. The molecule has 1 saturated heterocycles. The number of carbonyl (C=O) groups excluding carboxylic acids is 1. The molecular formula is C17H25N5O3. The maximum Gasteiger partial charge on any atom is 0.328 e. The summed E-state index contributed by atoms with van der Waals surface area (Å²) >= 11 is 0. The molecule has 1 aliphatic rings. The van der Waals surface area contributed by atoms with Gasteiger partial charge in [-0.15, -0.1) is 0 Å². The molecule has 0 aliphatic carbocycles. The fourth-order valence-electron chi connectivity index (χ4n) is 3.40. The van der Waals surface area contributed by atoms with Crippen LogP contribution in [0.4, 0.5) is 10.5 Å². The zero-order valence-corrected chi connectivity index (χ0v) is 15.1. The van der Waals surface area contributed by atoms with Crippen molar-refractivity contribution in [1.29, 1.82) is 0 Å². The number of hydrogen-bond acceptors (Lipinski definition) is 4. The molecule has 136 valence electrons. The van der Waals surface area contributed by atoms with E-state index in [9.17, 15) is 9.59 Å². The molecule has 2 amide bonds. The number of benzene rings is 1. The second-order valence-corrected chi connectivity index (χ2v) is 6.52.